The molecule has 0 atom stereocenters. The number of aromatic nitrogens is 5. The van der Waals surface area contributed by atoms with Crippen LogP contribution in [0.3, 0.4) is 0 Å². The number of thioether (sulfide) groups is 2. The van der Waals surface area contributed by atoms with Gasteiger partial charge in [0, 0.05) is 29.7 Å². The van der Waals surface area contributed by atoms with Gasteiger partial charge in [-0.2, -0.15) is 0 Å². The first-order chi connectivity index (χ1) is 14.3. The van der Waals surface area contributed by atoms with Crippen molar-refractivity contribution < 1.29 is 9.59 Å². The molecule has 0 spiro atoms. The van der Waals surface area contributed by atoms with Gasteiger partial charge in [0.05, 0.1) is 11.5 Å². The van der Waals surface area contributed by atoms with Crippen LogP contribution in [-0.2, 0) is 17.6 Å². The molecule has 0 saturated heterocycles. The average molecular weight is 443 g/mol. The lowest BCUT2D eigenvalue weighted by molar-refractivity contribution is -0.113. The molecule has 0 radical (unpaired) electrons. The number of amides is 1. The quantitative estimate of drug-likeness (QED) is 0.321. The third-order valence-electron chi connectivity index (χ3n) is 4.12. The summed E-state index contributed by atoms with van der Waals surface area (Å²) in [6, 6.07) is 8.75. The minimum atomic E-state index is -0.155. The molecule has 0 saturated carbocycles. The van der Waals surface area contributed by atoms with Crippen molar-refractivity contribution in [2.75, 3.05) is 11.1 Å². The number of hydrogen-bond acceptors (Lipinski definition) is 8. The molecular formula is C20H22N6O2S2. The van der Waals surface area contributed by atoms with Crippen molar-refractivity contribution in [1.29, 1.82) is 0 Å². The van der Waals surface area contributed by atoms with Gasteiger partial charge in [-0.3, -0.25) is 9.59 Å². The van der Waals surface area contributed by atoms with Gasteiger partial charge in [-0.15, -0.1) is 10.2 Å². The maximum Gasteiger partial charge on any atom is 0.234 e. The number of anilines is 1. The summed E-state index contributed by atoms with van der Waals surface area (Å²) in [6.07, 6.45) is 0. The first kappa shape index (κ1) is 22.0. The Morgan fingerprint density at radius 1 is 1.03 bits per heavy atom. The molecular weight excluding hydrogens is 420 g/mol. The summed E-state index contributed by atoms with van der Waals surface area (Å²) >= 11 is 2.81. The summed E-state index contributed by atoms with van der Waals surface area (Å²) < 4.78 is 1.87. The van der Waals surface area contributed by atoms with Gasteiger partial charge >= 0.3 is 0 Å². The monoisotopic (exact) mass is 442 g/mol. The van der Waals surface area contributed by atoms with Gasteiger partial charge in [0.25, 0.3) is 0 Å². The standard InChI is InChI=1S/C20H22N6O2S2/c1-12-9-13(2)22-19(21-12)29-10-17-24-25-20(26(17)4)30-11-18(28)23-16-7-5-15(6-8-16)14(3)27/h5-9H,10-11H2,1-4H3,(H,23,28). The Bertz CT molecular complexity index is 1050. The number of carbonyl (C=O) groups excluding carboxylic acids is 2. The van der Waals surface area contributed by atoms with Gasteiger partial charge in [0.1, 0.15) is 5.82 Å². The predicted octanol–water partition coefficient (Wildman–Crippen LogP) is 3.45. The van der Waals surface area contributed by atoms with Crippen LogP contribution in [0.4, 0.5) is 5.69 Å². The number of ketones is 1. The fraction of sp³-hybridized carbons (Fsp3) is 0.300. The van der Waals surface area contributed by atoms with E-state index in [1.165, 1.54) is 30.4 Å². The zero-order valence-corrected chi connectivity index (χ0v) is 18.8. The van der Waals surface area contributed by atoms with Crippen molar-refractivity contribution in [2.24, 2.45) is 7.05 Å². The first-order valence-electron chi connectivity index (χ1n) is 9.19. The van der Waals surface area contributed by atoms with Gasteiger partial charge in [0.15, 0.2) is 16.1 Å². The van der Waals surface area contributed by atoms with Gasteiger partial charge in [0.2, 0.25) is 5.91 Å². The minimum Gasteiger partial charge on any atom is -0.325 e. The van der Waals surface area contributed by atoms with Crippen LogP contribution in [0.5, 0.6) is 0 Å². The Hall–Kier alpha value is -2.72. The Labute approximate surface area is 183 Å². The van der Waals surface area contributed by atoms with Crippen molar-refractivity contribution in [3.63, 3.8) is 0 Å². The highest BCUT2D eigenvalue weighted by Gasteiger charge is 2.13. The molecule has 2 aromatic heterocycles. The van der Waals surface area contributed by atoms with E-state index in [9.17, 15) is 9.59 Å². The van der Waals surface area contributed by atoms with E-state index < -0.39 is 0 Å². The fourth-order valence-electron chi connectivity index (χ4n) is 2.60. The molecule has 8 nitrogen and oxygen atoms in total. The highest BCUT2D eigenvalue weighted by molar-refractivity contribution is 7.99. The minimum absolute atomic E-state index is 0.0104. The van der Waals surface area contributed by atoms with Crippen LogP contribution in [0.25, 0.3) is 0 Å². The molecule has 0 fully saturated rings. The molecule has 0 bridgehead atoms. The molecule has 3 rings (SSSR count). The van der Waals surface area contributed by atoms with E-state index in [0.29, 0.717) is 27.3 Å². The number of nitrogens with one attached hydrogen (secondary N) is 1. The molecule has 30 heavy (non-hydrogen) atoms. The second-order valence-corrected chi connectivity index (χ2v) is 8.54. The first-order valence-corrected chi connectivity index (χ1v) is 11.2. The van der Waals surface area contributed by atoms with E-state index in [-0.39, 0.29) is 17.4 Å². The smallest absolute Gasteiger partial charge is 0.234 e. The Balaban J connectivity index is 1.53. The van der Waals surface area contributed by atoms with Crippen LogP contribution in [-0.4, -0.2) is 42.2 Å². The maximum absolute atomic E-state index is 12.2. The van der Waals surface area contributed by atoms with Crippen molar-refractivity contribution in [1.82, 2.24) is 24.7 Å². The second-order valence-electron chi connectivity index (χ2n) is 6.65. The summed E-state index contributed by atoms with van der Waals surface area (Å²) in [5.74, 6) is 1.41. The molecule has 0 aliphatic rings. The van der Waals surface area contributed by atoms with E-state index in [1.54, 1.807) is 24.3 Å². The van der Waals surface area contributed by atoms with E-state index in [2.05, 4.69) is 25.5 Å². The largest absolute Gasteiger partial charge is 0.325 e. The summed E-state index contributed by atoms with van der Waals surface area (Å²) in [6.45, 7) is 5.39. The summed E-state index contributed by atoms with van der Waals surface area (Å²) in [7, 11) is 1.87. The van der Waals surface area contributed by atoms with Gasteiger partial charge in [-0.25, -0.2) is 9.97 Å². The summed E-state index contributed by atoms with van der Waals surface area (Å²) in [5, 5.41) is 12.6. The van der Waals surface area contributed by atoms with Crippen molar-refractivity contribution in [3.05, 3.63) is 53.1 Å². The van der Waals surface area contributed by atoms with Gasteiger partial charge in [-0.1, -0.05) is 23.5 Å². The molecule has 0 unspecified atom stereocenters. The Morgan fingerprint density at radius 2 is 1.70 bits per heavy atom. The zero-order valence-electron chi connectivity index (χ0n) is 17.2. The lowest BCUT2D eigenvalue weighted by Crippen LogP contribution is -2.14. The molecule has 0 aliphatic carbocycles. The Morgan fingerprint density at radius 3 is 2.33 bits per heavy atom. The molecule has 10 heteroatoms. The lowest BCUT2D eigenvalue weighted by Gasteiger charge is -2.06. The lowest BCUT2D eigenvalue weighted by atomic mass is 10.1. The molecule has 3 aromatic rings. The van der Waals surface area contributed by atoms with Gasteiger partial charge < -0.3 is 9.88 Å². The molecule has 156 valence electrons. The normalized spacial score (nSPS) is 10.8. The van der Waals surface area contributed by atoms with Crippen molar-refractivity contribution in [3.8, 4) is 0 Å². The number of carbonyl (C=O) groups is 2. The van der Waals surface area contributed by atoms with E-state index >= 15 is 0 Å². The molecule has 1 aromatic carbocycles. The van der Waals surface area contributed by atoms with Gasteiger partial charge in [-0.05, 0) is 51.1 Å². The summed E-state index contributed by atoms with van der Waals surface area (Å²) in [5.41, 5.74) is 3.12. The molecule has 0 aliphatic heterocycles. The zero-order chi connectivity index (χ0) is 21.7. The van der Waals surface area contributed by atoms with Crippen LogP contribution in [0.15, 0.2) is 40.6 Å². The van der Waals surface area contributed by atoms with Crippen LogP contribution in [0.1, 0.15) is 34.5 Å². The van der Waals surface area contributed by atoms with Crippen LogP contribution in [0, 0.1) is 13.8 Å². The molecule has 1 amide bonds. The third kappa shape index (κ3) is 5.90. The molecule has 2 heterocycles. The van der Waals surface area contributed by atoms with E-state index in [4.69, 9.17) is 0 Å². The summed E-state index contributed by atoms with van der Waals surface area (Å²) in [4.78, 5) is 32.4. The Kier molecular flexibility index (Phi) is 7.22. The number of Topliss-reactive ketones (excluding diaryl/α,β-unsaturated/α-hetero) is 1. The van der Waals surface area contributed by atoms with Crippen molar-refractivity contribution >= 4 is 40.9 Å². The second kappa shape index (κ2) is 9.86. The fourth-order valence-corrected chi connectivity index (χ4v) is 4.26. The van der Waals surface area contributed by atoms with E-state index in [0.717, 1.165) is 17.2 Å². The maximum atomic E-state index is 12.2. The average Bonchev–Trinajstić information content (AvgIpc) is 3.04. The predicted molar refractivity (Wildman–Crippen MR) is 118 cm³/mol. The number of hydrogen-bond donors (Lipinski definition) is 1. The van der Waals surface area contributed by atoms with Crippen molar-refractivity contribution in [2.45, 2.75) is 36.8 Å². The number of benzene rings is 1. The third-order valence-corrected chi connectivity index (χ3v) is 5.99. The van der Waals surface area contributed by atoms with E-state index in [1.807, 2.05) is 31.5 Å². The highest BCUT2D eigenvalue weighted by atomic mass is 32.2. The number of nitrogens with zero attached hydrogens (tertiary/aromatic N) is 5. The van der Waals surface area contributed by atoms with Crippen LogP contribution >= 0.6 is 23.5 Å². The SMILES string of the molecule is CC(=O)c1ccc(NC(=O)CSc2nnc(CSc3nc(C)cc(C)n3)n2C)cc1. The number of aryl methyl sites for hydroxylation is 2. The van der Waals surface area contributed by atoms with Crippen LogP contribution in [0.2, 0.25) is 0 Å². The molecule has 1 N–H and O–H groups in total. The highest BCUT2D eigenvalue weighted by Crippen LogP contribution is 2.22. The topological polar surface area (TPSA) is 103 Å². The number of rotatable bonds is 8. The van der Waals surface area contributed by atoms with Crippen LogP contribution < -0.4 is 5.32 Å².